The molecule has 1 saturated heterocycles. The Balaban J connectivity index is 1.85. The van der Waals surface area contributed by atoms with E-state index >= 15 is 0 Å². The fourth-order valence-electron chi connectivity index (χ4n) is 9.96. The first kappa shape index (κ1) is 64.2. The number of carbonyl (C=O) groups excluding carboxylic acids is 6. The van der Waals surface area contributed by atoms with E-state index in [1.54, 1.807) is 90.7 Å². The van der Waals surface area contributed by atoms with Crippen molar-refractivity contribution in [1.82, 2.24) is 30.2 Å². The van der Waals surface area contributed by atoms with E-state index in [1.165, 1.54) is 37.1 Å². The summed E-state index contributed by atoms with van der Waals surface area (Å²) in [6.07, 6.45) is -1.04. The van der Waals surface area contributed by atoms with Crippen LogP contribution in [0.25, 0.3) is 0 Å². The second-order valence-electron chi connectivity index (χ2n) is 20.9. The van der Waals surface area contributed by atoms with Gasteiger partial charge in [0, 0.05) is 53.6 Å². The maximum atomic E-state index is 14.8. The number of benzene rings is 2. The Labute approximate surface area is 450 Å². The third-order valence-corrected chi connectivity index (χ3v) is 14.5. The fourth-order valence-corrected chi connectivity index (χ4v) is 9.96. The number of hydrogen-bond acceptors (Lipinski definition) is 12. The topological polar surface area (TPSA) is 263 Å². The van der Waals surface area contributed by atoms with E-state index in [-0.39, 0.29) is 50.3 Å². The number of anilines is 1. The molecule has 0 radical (unpaired) electrons. The number of nitrogens with two attached hydrogens (primary N) is 1. The van der Waals surface area contributed by atoms with Gasteiger partial charge in [-0.25, -0.2) is 9.59 Å². The maximum Gasteiger partial charge on any atom is 0.410 e. The lowest BCUT2D eigenvalue weighted by Crippen LogP contribution is -2.60. The van der Waals surface area contributed by atoms with Crippen LogP contribution in [0.15, 0.2) is 61.2 Å². The highest BCUT2D eigenvalue weighted by Gasteiger charge is 2.44. The molecule has 1 aliphatic rings. The maximum absolute atomic E-state index is 14.8. The molecule has 20 heteroatoms. The van der Waals surface area contributed by atoms with Gasteiger partial charge in [0.05, 0.1) is 54.8 Å². The van der Waals surface area contributed by atoms with Crippen LogP contribution in [0.2, 0.25) is 0 Å². The molecule has 20 nitrogen and oxygen atoms in total. The molecule has 3 unspecified atom stereocenters. The number of amides is 7. The van der Waals surface area contributed by atoms with E-state index in [0.717, 1.165) is 4.90 Å². The van der Waals surface area contributed by atoms with Gasteiger partial charge in [-0.1, -0.05) is 104 Å². The number of likely N-dealkylation sites (tertiary alicyclic amines) is 1. The predicted octanol–water partition coefficient (Wildman–Crippen LogP) is 5.57. The van der Waals surface area contributed by atoms with E-state index in [0.29, 0.717) is 48.2 Å². The molecule has 0 saturated carbocycles. The molecule has 7 amide bonds. The normalized spacial score (nSPS) is 17.4. The lowest BCUT2D eigenvalue weighted by Gasteiger charge is -2.41. The molecule has 2 aromatic rings. The van der Waals surface area contributed by atoms with Gasteiger partial charge in [0.15, 0.2) is 0 Å². The van der Waals surface area contributed by atoms with Crippen molar-refractivity contribution in [2.75, 3.05) is 53.3 Å². The van der Waals surface area contributed by atoms with Gasteiger partial charge in [-0.05, 0) is 79.7 Å². The summed E-state index contributed by atoms with van der Waals surface area (Å²) >= 11 is 0. The molecule has 1 fully saturated rings. The van der Waals surface area contributed by atoms with Crippen molar-refractivity contribution < 1.29 is 58.0 Å². The molecule has 76 heavy (non-hydrogen) atoms. The third-order valence-electron chi connectivity index (χ3n) is 14.5. The van der Waals surface area contributed by atoms with Crippen LogP contribution in [0, 0.1) is 23.7 Å². The highest BCUT2D eigenvalue weighted by Crippen LogP contribution is 2.31. The van der Waals surface area contributed by atoms with Crippen molar-refractivity contribution in [3.63, 3.8) is 0 Å². The number of carboxylic acid groups (broad SMARTS) is 1. The molecule has 0 aliphatic carbocycles. The van der Waals surface area contributed by atoms with Crippen LogP contribution in [-0.4, -0.2) is 168 Å². The van der Waals surface area contributed by atoms with Crippen molar-refractivity contribution in [1.29, 1.82) is 0 Å². The zero-order valence-corrected chi connectivity index (χ0v) is 47.1. The van der Waals surface area contributed by atoms with Crippen LogP contribution in [0.1, 0.15) is 111 Å². The second kappa shape index (κ2) is 30.6. The SMILES string of the molecule is C=CCOC(=O)N(C)Cc1cc(NC(=O)[C@H](C)N)ccc1CCN(C(=O)O)C(C(=O)NC(C(=O)N(C)C([C@@H](C)CC)[C@@H](CC(=O)N1CCC[C@H]1[C@H](OC)[C@@H](C)C(=O)N[C@H](C)[C@@H](O)c1ccccc1)OC)C(C)C)C(C)C. The van der Waals surface area contributed by atoms with Crippen molar-refractivity contribution in [3.8, 4) is 0 Å². The summed E-state index contributed by atoms with van der Waals surface area (Å²) in [5.74, 6) is -3.98. The van der Waals surface area contributed by atoms with Gasteiger partial charge in [-0.2, -0.15) is 0 Å². The molecule has 1 heterocycles. The van der Waals surface area contributed by atoms with Crippen LogP contribution in [0.5, 0.6) is 0 Å². The van der Waals surface area contributed by atoms with Gasteiger partial charge < -0.3 is 60.8 Å². The summed E-state index contributed by atoms with van der Waals surface area (Å²) in [6.45, 7) is 19.8. The molecule has 1 aliphatic heterocycles. The largest absolute Gasteiger partial charge is 0.465 e. The fraction of sp³-hybridized carbons (Fsp3) is 0.625. The Morgan fingerprint density at radius 3 is 2.09 bits per heavy atom. The Hall–Kier alpha value is -6.09. The van der Waals surface area contributed by atoms with Gasteiger partial charge in [0.2, 0.25) is 29.5 Å². The van der Waals surface area contributed by atoms with Crippen molar-refractivity contribution >= 4 is 47.4 Å². The molecule has 424 valence electrons. The van der Waals surface area contributed by atoms with Crippen molar-refractivity contribution in [2.45, 2.75) is 156 Å². The minimum absolute atomic E-state index is 0.0102. The average Bonchev–Trinajstić information content (AvgIpc) is 3.87. The number of nitrogens with one attached hydrogen (secondary N) is 3. The minimum atomic E-state index is -1.36. The van der Waals surface area contributed by atoms with E-state index in [9.17, 15) is 43.8 Å². The van der Waals surface area contributed by atoms with Crippen molar-refractivity contribution in [3.05, 3.63) is 77.9 Å². The summed E-state index contributed by atoms with van der Waals surface area (Å²) < 4.78 is 17.2. The average molecular weight is 1070 g/mol. The first-order valence-corrected chi connectivity index (χ1v) is 26.5. The zero-order valence-electron chi connectivity index (χ0n) is 47.1. The van der Waals surface area contributed by atoms with Crippen LogP contribution >= 0.6 is 0 Å². The quantitative estimate of drug-likeness (QED) is 0.0545. The van der Waals surface area contributed by atoms with Gasteiger partial charge in [0.1, 0.15) is 18.7 Å². The summed E-state index contributed by atoms with van der Waals surface area (Å²) in [5, 5.41) is 30.2. The standard InChI is InChI=1S/C56H88N8O12/c1-15-29-76-56(73)61(11)32-41-30-42(59-52(68)37(9)57)25-24-39(41)26-28-64(55(71)72)47(34(5)6)53(69)60-46(33(3)4)54(70)62(12)48(35(7)16-2)44(74-13)31-45(65)63-27-20-23-43(63)50(75-14)36(8)51(67)58-38(10)49(66)40-21-18-17-19-22-40/h15,17-19,21-22,24-25,30,33-38,43-44,46-50,66H,1,16,20,23,26-29,31-32,57H2,2-14H3,(H,58,67)(H,59,68)(H,60,69)(H,71,72)/t35-,36+,37-,38+,43-,44+,46?,47?,48?,49+,50+/m0/s1. The van der Waals surface area contributed by atoms with Crippen LogP contribution in [-0.2, 0) is 51.1 Å². The molecular weight excluding hydrogens is 977 g/mol. The van der Waals surface area contributed by atoms with Crippen molar-refractivity contribution in [2.24, 2.45) is 29.4 Å². The number of nitrogens with zero attached hydrogens (tertiary/aromatic N) is 4. The van der Waals surface area contributed by atoms with E-state index in [1.807, 2.05) is 32.0 Å². The number of likely N-dealkylation sites (N-methyl/N-ethyl adjacent to an activating group) is 1. The lowest BCUT2D eigenvalue weighted by molar-refractivity contribution is -0.148. The first-order valence-electron chi connectivity index (χ1n) is 26.5. The molecule has 11 atom stereocenters. The lowest BCUT2D eigenvalue weighted by atomic mass is 9.89. The van der Waals surface area contributed by atoms with Crippen LogP contribution < -0.4 is 21.7 Å². The van der Waals surface area contributed by atoms with Crippen LogP contribution in [0.3, 0.4) is 0 Å². The number of methoxy groups -OCH3 is 2. The number of aliphatic hydroxyl groups is 1. The number of ether oxygens (including phenoxy) is 3. The highest BCUT2D eigenvalue weighted by molar-refractivity contribution is 5.94. The molecule has 0 aromatic heterocycles. The number of hydrogen-bond donors (Lipinski definition) is 6. The summed E-state index contributed by atoms with van der Waals surface area (Å²) in [7, 11) is 6.16. The molecule has 0 spiro atoms. The monoisotopic (exact) mass is 1060 g/mol. The minimum Gasteiger partial charge on any atom is -0.465 e. The molecular formula is C56H88N8O12. The van der Waals surface area contributed by atoms with Gasteiger partial charge in [-0.3, -0.25) is 28.9 Å². The predicted molar refractivity (Wildman–Crippen MR) is 291 cm³/mol. The zero-order chi connectivity index (χ0) is 57.1. The third kappa shape index (κ3) is 17.5. The van der Waals surface area contributed by atoms with Crippen LogP contribution in [0.4, 0.5) is 15.3 Å². The van der Waals surface area contributed by atoms with E-state index in [2.05, 4.69) is 22.5 Å². The first-order chi connectivity index (χ1) is 35.8. The van der Waals surface area contributed by atoms with E-state index < -0.39 is 102 Å². The highest BCUT2D eigenvalue weighted by atomic mass is 16.6. The number of carbonyl (C=O) groups is 7. The number of aliphatic hydroxyl groups excluding tert-OH is 1. The molecule has 3 rings (SSSR count). The van der Waals surface area contributed by atoms with Gasteiger partial charge in [-0.15, -0.1) is 0 Å². The Kier molecular flexibility index (Phi) is 25.8. The second-order valence-corrected chi connectivity index (χ2v) is 20.9. The Morgan fingerprint density at radius 2 is 1.54 bits per heavy atom. The summed E-state index contributed by atoms with van der Waals surface area (Å²) in [6, 6.07) is 9.27. The summed E-state index contributed by atoms with van der Waals surface area (Å²) in [4.78, 5) is 101. The summed E-state index contributed by atoms with van der Waals surface area (Å²) in [5.41, 5.74) is 8.08. The smallest absolute Gasteiger partial charge is 0.410 e. The Bertz CT molecular complexity index is 2250. The van der Waals surface area contributed by atoms with Gasteiger partial charge >= 0.3 is 12.2 Å². The molecule has 2 aromatic carbocycles. The number of rotatable bonds is 29. The molecule has 7 N–H and O–H groups in total. The molecule has 0 bridgehead atoms. The van der Waals surface area contributed by atoms with E-state index in [4.69, 9.17) is 19.9 Å². The van der Waals surface area contributed by atoms with Gasteiger partial charge in [0.25, 0.3) is 0 Å². The Morgan fingerprint density at radius 1 is 0.882 bits per heavy atom.